The summed E-state index contributed by atoms with van der Waals surface area (Å²) in [6, 6.07) is 7.36. The van der Waals surface area contributed by atoms with Gasteiger partial charge in [-0.3, -0.25) is 0 Å². The lowest BCUT2D eigenvalue weighted by atomic mass is 9.98. The van der Waals surface area contributed by atoms with E-state index in [4.69, 9.17) is 8.83 Å². The quantitative estimate of drug-likeness (QED) is 0.660. The molecule has 0 bridgehead atoms. The second kappa shape index (κ2) is 7.18. The molecular formula is C20H23N3O4S. The van der Waals surface area contributed by atoms with Crippen LogP contribution in [-0.2, 0) is 10.0 Å². The lowest BCUT2D eigenvalue weighted by Gasteiger charge is -2.30. The van der Waals surface area contributed by atoms with Crippen LogP contribution >= 0.6 is 0 Å². The molecule has 3 heterocycles. The van der Waals surface area contributed by atoms with Crippen molar-refractivity contribution >= 4 is 10.0 Å². The molecular weight excluding hydrogens is 378 g/mol. The summed E-state index contributed by atoms with van der Waals surface area (Å²) in [6.07, 6.45) is 2.84. The van der Waals surface area contributed by atoms with Gasteiger partial charge in [0.15, 0.2) is 5.76 Å². The van der Waals surface area contributed by atoms with E-state index < -0.39 is 10.0 Å². The molecule has 1 aliphatic rings. The highest BCUT2D eigenvalue weighted by molar-refractivity contribution is 7.89. The molecule has 28 heavy (non-hydrogen) atoms. The average Bonchev–Trinajstić information content (AvgIpc) is 3.32. The second-order valence-electron chi connectivity index (χ2n) is 7.33. The summed E-state index contributed by atoms with van der Waals surface area (Å²) in [6.45, 7) is 6.54. The van der Waals surface area contributed by atoms with Crippen LogP contribution in [0, 0.1) is 20.8 Å². The van der Waals surface area contributed by atoms with Crippen LogP contribution in [0.4, 0.5) is 0 Å². The molecule has 2 aromatic heterocycles. The number of aromatic nitrogens is 2. The van der Waals surface area contributed by atoms with Gasteiger partial charge in [-0.1, -0.05) is 17.7 Å². The highest BCUT2D eigenvalue weighted by atomic mass is 32.2. The molecule has 0 N–H and O–H groups in total. The predicted octanol–water partition coefficient (Wildman–Crippen LogP) is 3.82. The number of hydrogen-bond donors (Lipinski definition) is 0. The van der Waals surface area contributed by atoms with E-state index in [0.29, 0.717) is 48.4 Å². The maximum atomic E-state index is 13.2. The van der Waals surface area contributed by atoms with Gasteiger partial charge in [0.25, 0.3) is 5.89 Å². The van der Waals surface area contributed by atoms with Gasteiger partial charge in [0.05, 0.1) is 11.2 Å². The third-order valence-electron chi connectivity index (χ3n) is 5.18. The number of piperidine rings is 1. The predicted molar refractivity (Wildman–Crippen MR) is 103 cm³/mol. The summed E-state index contributed by atoms with van der Waals surface area (Å²) in [4.78, 5) is 0.425. The highest BCUT2D eigenvalue weighted by Gasteiger charge is 2.33. The van der Waals surface area contributed by atoms with E-state index in [-0.39, 0.29) is 5.92 Å². The number of rotatable bonds is 4. The Bertz CT molecular complexity index is 1060. The normalized spacial score (nSPS) is 16.5. The lowest BCUT2D eigenvalue weighted by molar-refractivity contribution is 0.290. The molecule has 4 rings (SSSR count). The molecule has 148 valence electrons. The summed E-state index contributed by atoms with van der Waals surface area (Å²) >= 11 is 0. The van der Waals surface area contributed by atoms with Gasteiger partial charge in [0.2, 0.25) is 15.9 Å². The van der Waals surface area contributed by atoms with Gasteiger partial charge in [0.1, 0.15) is 0 Å². The monoisotopic (exact) mass is 401 g/mol. The van der Waals surface area contributed by atoms with Crippen LogP contribution in [0.3, 0.4) is 0 Å². The van der Waals surface area contributed by atoms with Crippen LogP contribution in [0.5, 0.6) is 0 Å². The summed E-state index contributed by atoms with van der Waals surface area (Å²) in [5, 5.41) is 8.17. The fourth-order valence-corrected chi connectivity index (χ4v) is 5.83. The Morgan fingerprint density at radius 1 is 1.07 bits per heavy atom. The van der Waals surface area contributed by atoms with Crippen molar-refractivity contribution in [2.24, 2.45) is 0 Å². The first-order valence-electron chi connectivity index (χ1n) is 9.31. The Morgan fingerprint density at radius 3 is 2.36 bits per heavy atom. The molecule has 1 aromatic carbocycles. The minimum atomic E-state index is -3.52. The summed E-state index contributed by atoms with van der Waals surface area (Å²) < 4.78 is 39.0. The molecule has 0 atom stereocenters. The van der Waals surface area contributed by atoms with Crippen molar-refractivity contribution in [1.29, 1.82) is 0 Å². The van der Waals surface area contributed by atoms with E-state index in [9.17, 15) is 8.42 Å². The van der Waals surface area contributed by atoms with E-state index in [2.05, 4.69) is 10.2 Å². The molecule has 3 aromatic rings. The molecule has 1 aliphatic heterocycles. The fourth-order valence-electron chi connectivity index (χ4n) is 3.95. The molecule has 0 radical (unpaired) electrons. The number of benzene rings is 1. The van der Waals surface area contributed by atoms with Crippen molar-refractivity contribution in [1.82, 2.24) is 14.5 Å². The maximum Gasteiger partial charge on any atom is 0.283 e. The topological polar surface area (TPSA) is 89.4 Å². The Labute approximate surface area is 164 Å². The fraction of sp³-hybridized carbons (Fsp3) is 0.400. The lowest BCUT2D eigenvalue weighted by Crippen LogP contribution is -2.38. The average molecular weight is 401 g/mol. The smallest absolute Gasteiger partial charge is 0.283 e. The van der Waals surface area contributed by atoms with Crippen molar-refractivity contribution in [2.45, 2.75) is 44.4 Å². The van der Waals surface area contributed by atoms with Crippen molar-refractivity contribution in [3.8, 4) is 11.7 Å². The van der Waals surface area contributed by atoms with Crippen LogP contribution < -0.4 is 0 Å². The zero-order valence-corrected chi connectivity index (χ0v) is 17.0. The van der Waals surface area contributed by atoms with Crippen molar-refractivity contribution in [3.63, 3.8) is 0 Å². The number of aryl methyl sites for hydroxylation is 3. The second-order valence-corrected chi connectivity index (χ2v) is 9.20. The molecule has 0 spiro atoms. The molecule has 0 amide bonds. The Morgan fingerprint density at radius 2 is 1.75 bits per heavy atom. The first-order valence-corrected chi connectivity index (χ1v) is 10.8. The van der Waals surface area contributed by atoms with E-state index in [1.807, 2.05) is 32.9 Å². The van der Waals surface area contributed by atoms with Crippen molar-refractivity contribution < 1.29 is 17.3 Å². The summed E-state index contributed by atoms with van der Waals surface area (Å²) in [5.41, 5.74) is 2.65. The first-order chi connectivity index (χ1) is 13.4. The van der Waals surface area contributed by atoms with Crippen LogP contribution in [0.2, 0.25) is 0 Å². The van der Waals surface area contributed by atoms with E-state index in [0.717, 1.165) is 16.7 Å². The largest absolute Gasteiger partial charge is 0.459 e. The third-order valence-corrected chi connectivity index (χ3v) is 7.38. The molecule has 1 fully saturated rings. The molecule has 0 aliphatic carbocycles. The van der Waals surface area contributed by atoms with E-state index in [1.54, 1.807) is 22.7 Å². The summed E-state index contributed by atoms with van der Waals surface area (Å²) in [5.74, 6) is 1.46. The van der Waals surface area contributed by atoms with Gasteiger partial charge in [-0.25, -0.2) is 8.42 Å². The maximum absolute atomic E-state index is 13.2. The molecule has 7 nitrogen and oxygen atoms in total. The molecule has 0 unspecified atom stereocenters. The van der Waals surface area contributed by atoms with Gasteiger partial charge in [-0.2, -0.15) is 4.31 Å². The van der Waals surface area contributed by atoms with Crippen molar-refractivity contribution in [2.75, 3.05) is 13.1 Å². The van der Waals surface area contributed by atoms with Crippen LogP contribution in [0.25, 0.3) is 11.7 Å². The van der Waals surface area contributed by atoms with Gasteiger partial charge in [-0.15, -0.1) is 10.2 Å². The summed E-state index contributed by atoms with van der Waals surface area (Å²) in [7, 11) is -3.52. The zero-order chi connectivity index (χ0) is 19.9. The van der Waals surface area contributed by atoms with Gasteiger partial charge in [0, 0.05) is 19.0 Å². The number of nitrogens with zero attached hydrogens (tertiary/aromatic N) is 3. The molecule has 1 saturated heterocycles. The highest BCUT2D eigenvalue weighted by Crippen LogP contribution is 2.33. The SMILES string of the molecule is Cc1cc(C)c(S(=O)(=O)N2CCC(c3nnc(-c4ccco4)o3)CC2)c(C)c1. The molecule has 0 saturated carbocycles. The molecule has 8 heteroatoms. The van der Waals surface area contributed by atoms with E-state index in [1.165, 1.54) is 0 Å². The third kappa shape index (κ3) is 3.38. The number of sulfonamides is 1. The first kappa shape index (κ1) is 18.9. The van der Waals surface area contributed by atoms with Crippen LogP contribution in [-0.4, -0.2) is 36.0 Å². The van der Waals surface area contributed by atoms with Crippen LogP contribution in [0.15, 0.2) is 44.3 Å². The Hall–Kier alpha value is -2.45. The minimum absolute atomic E-state index is 0.0443. The van der Waals surface area contributed by atoms with Gasteiger partial charge < -0.3 is 8.83 Å². The van der Waals surface area contributed by atoms with Gasteiger partial charge >= 0.3 is 0 Å². The number of hydrogen-bond acceptors (Lipinski definition) is 6. The van der Waals surface area contributed by atoms with E-state index >= 15 is 0 Å². The zero-order valence-electron chi connectivity index (χ0n) is 16.2. The Balaban J connectivity index is 1.50. The Kier molecular flexibility index (Phi) is 4.84. The van der Waals surface area contributed by atoms with Crippen molar-refractivity contribution in [3.05, 3.63) is 53.1 Å². The van der Waals surface area contributed by atoms with Crippen LogP contribution in [0.1, 0.15) is 41.3 Å². The van der Waals surface area contributed by atoms with Gasteiger partial charge in [-0.05, 0) is 56.9 Å². The standard InChI is InChI=1S/C20H23N3O4S/c1-13-11-14(2)18(15(3)12-13)28(24,25)23-8-6-16(7-9-23)19-21-22-20(27-19)17-5-4-10-26-17/h4-5,10-12,16H,6-9H2,1-3H3. The number of furan rings is 1. The minimum Gasteiger partial charge on any atom is -0.459 e.